The second-order valence-corrected chi connectivity index (χ2v) is 4.31. The summed E-state index contributed by atoms with van der Waals surface area (Å²) in [5, 5.41) is 0. The minimum Gasteiger partial charge on any atom is -0.494 e. The van der Waals surface area contributed by atoms with Crippen molar-refractivity contribution in [2.45, 2.75) is 19.3 Å². The predicted octanol–water partition coefficient (Wildman–Crippen LogP) is 1.97. The van der Waals surface area contributed by atoms with Crippen LogP contribution in [0.25, 0.3) is 0 Å². The van der Waals surface area contributed by atoms with Gasteiger partial charge in [0.05, 0.1) is 6.61 Å². The van der Waals surface area contributed by atoms with Gasteiger partial charge < -0.3 is 15.4 Å². The van der Waals surface area contributed by atoms with Crippen LogP contribution in [-0.2, 0) is 0 Å². The maximum absolute atomic E-state index is 5.66. The first-order valence-corrected chi connectivity index (χ1v) is 5.94. The van der Waals surface area contributed by atoms with Crippen LogP contribution in [0.1, 0.15) is 24.8 Å². The van der Waals surface area contributed by atoms with Gasteiger partial charge in [0.25, 0.3) is 0 Å². The molecule has 1 aromatic carbocycles. The fourth-order valence-electron chi connectivity index (χ4n) is 2.44. The summed E-state index contributed by atoms with van der Waals surface area (Å²) in [6.07, 6.45) is 1.05. The first-order valence-electron chi connectivity index (χ1n) is 5.94. The molecule has 0 radical (unpaired) electrons. The molecule has 0 saturated heterocycles. The quantitative estimate of drug-likeness (QED) is 0.843. The van der Waals surface area contributed by atoms with E-state index in [1.165, 1.54) is 11.3 Å². The van der Waals surface area contributed by atoms with Crippen LogP contribution in [0.5, 0.6) is 5.75 Å². The molecule has 0 aromatic heterocycles. The number of anilines is 1. The number of fused-ring (bicyclic) bond motifs is 1. The van der Waals surface area contributed by atoms with Gasteiger partial charge in [-0.1, -0.05) is 0 Å². The van der Waals surface area contributed by atoms with Gasteiger partial charge in [0.2, 0.25) is 0 Å². The molecule has 88 valence electrons. The molecule has 2 N–H and O–H groups in total. The van der Waals surface area contributed by atoms with E-state index >= 15 is 0 Å². The second kappa shape index (κ2) is 4.74. The van der Waals surface area contributed by atoms with E-state index in [9.17, 15) is 0 Å². The third-order valence-corrected chi connectivity index (χ3v) is 3.17. The summed E-state index contributed by atoms with van der Waals surface area (Å²) in [6, 6.07) is 6.36. The molecular weight excluding hydrogens is 200 g/mol. The molecule has 0 spiro atoms. The molecule has 0 aliphatic carbocycles. The van der Waals surface area contributed by atoms with Gasteiger partial charge in [-0.3, -0.25) is 0 Å². The first-order chi connectivity index (χ1) is 7.76. The van der Waals surface area contributed by atoms with Crippen LogP contribution in [0.2, 0.25) is 0 Å². The number of ether oxygens (including phenoxy) is 1. The molecule has 0 bridgehead atoms. The summed E-state index contributed by atoms with van der Waals surface area (Å²) in [7, 11) is 2.13. The maximum Gasteiger partial charge on any atom is 0.119 e. The van der Waals surface area contributed by atoms with Gasteiger partial charge in [-0.25, -0.2) is 0 Å². The number of likely N-dealkylation sites (N-methyl/N-ethyl adjacent to an activating group) is 1. The Bertz CT molecular complexity index is 365. The summed E-state index contributed by atoms with van der Waals surface area (Å²) < 4.78 is 5.54. The molecule has 1 aliphatic rings. The van der Waals surface area contributed by atoms with Gasteiger partial charge in [0, 0.05) is 25.2 Å². The van der Waals surface area contributed by atoms with Crippen molar-refractivity contribution in [1.29, 1.82) is 0 Å². The molecule has 0 amide bonds. The van der Waals surface area contributed by atoms with Gasteiger partial charge in [-0.2, -0.15) is 0 Å². The smallest absolute Gasteiger partial charge is 0.119 e. The molecule has 2 rings (SSSR count). The van der Waals surface area contributed by atoms with Crippen LogP contribution >= 0.6 is 0 Å². The third-order valence-electron chi connectivity index (χ3n) is 3.17. The number of hydrogen-bond acceptors (Lipinski definition) is 3. The van der Waals surface area contributed by atoms with E-state index in [-0.39, 0.29) is 0 Å². The maximum atomic E-state index is 5.66. The molecule has 1 aromatic rings. The third kappa shape index (κ3) is 2.00. The lowest BCUT2D eigenvalue weighted by atomic mass is 9.98. The zero-order valence-corrected chi connectivity index (χ0v) is 10.1. The Hall–Kier alpha value is -1.22. The Morgan fingerprint density at radius 2 is 2.31 bits per heavy atom. The van der Waals surface area contributed by atoms with Gasteiger partial charge in [-0.15, -0.1) is 0 Å². The van der Waals surface area contributed by atoms with Crippen molar-refractivity contribution in [1.82, 2.24) is 0 Å². The first kappa shape index (κ1) is 11.3. The lowest BCUT2D eigenvalue weighted by molar-refractivity contribution is 0.340. The Labute approximate surface area is 97.2 Å². The van der Waals surface area contributed by atoms with E-state index in [0.29, 0.717) is 5.92 Å². The van der Waals surface area contributed by atoms with E-state index < -0.39 is 0 Å². The van der Waals surface area contributed by atoms with Crippen molar-refractivity contribution in [3.63, 3.8) is 0 Å². The van der Waals surface area contributed by atoms with Crippen LogP contribution in [0.3, 0.4) is 0 Å². The average Bonchev–Trinajstić information content (AvgIpc) is 2.57. The SMILES string of the molecule is CCOc1ccc2c(c1)C(CCN)CN2C. The minimum atomic E-state index is 0.561. The number of nitrogens with two attached hydrogens (primary N) is 1. The molecule has 1 atom stereocenters. The van der Waals surface area contributed by atoms with Gasteiger partial charge in [-0.05, 0) is 43.7 Å². The van der Waals surface area contributed by atoms with E-state index in [0.717, 1.165) is 31.9 Å². The Morgan fingerprint density at radius 1 is 1.50 bits per heavy atom. The van der Waals surface area contributed by atoms with Crippen LogP contribution in [0.15, 0.2) is 18.2 Å². The highest BCUT2D eigenvalue weighted by molar-refractivity contribution is 5.61. The highest BCUT2D eigenvalue weighted by Gasteiger charge is 2.25. The minimum absolute atomic E-state index is 0.561. The molecule has 1 aliphatic heterocycles. The topological polar surface area (TPSA) is 38.5 Å². The summed E-state index contributed by atoms with van der Waals surface area (Å²) in [6.45, 7) is 4.55. The van der Waals surface area contributed by atoms with Crippen LogP contribution in [-0.4, -0.2) is 26.7 Å². The molecule has 0 saturated carbocycles. The highest BCUT2D eigenvalue weighted by atomic mass is 16.5. The second-order valence-electron chi connectivity index (χ2n) is 4.31. The van der Waals surface area contributed by atoms with Crippen molar-refractivity contribution in [3.05, 3.63) is 23.8 Å². The summed E-state index contributed by atoms with van der Waals surface area (Å²) in [5.74, 6) is 1.53. The van der Waals surface area contributed by atoms with Gasteiger partial charge in [0.15, 0.2) is 0 Å². The highest BCUT2D eigenvalue weighted by Crippen LogP contribution is 2.38. The molecule has 16 heavy (non-hydrogen) atoms. The standard InChI is InChI=1S/C13H20N2O/c1-3-16-11-4-5-13-12(8-11)10(6-7-14)9-15(13)2/h4-5,8,10H,3,6-7,9,14H2,1-2H3. The number of benzene rings is 1. The summed E-state index contributed by atoms with van der Waals surface area (Å²) in [5.41, 5.74) is 8.37. The lowest BCUT2D eigenvalue weighted by Crippen LogP contribution is -2.16. The van der Waals surface area contributed by atoms with Crippen molar-refractivity contribution < 1.29 is 4.74 Å². The van der Waals surface area contributed by atoms with E-state index in [2.05, 4.69) is 24.1 Å². The fourth-order valence-corrected chi connectivity index (χ4v) is 2.44. The predicted molar refractivity (Wildman–Crippen MR) is 67.3 cm³/mol. The van der Waals surface area contributed by atoms with Crippen LogP contribution in [0, 0.1) is 0 Å². The van der Waals surface area contributed by atoms with Crippen LogP contribution < -0.4 is 15.4 Å². The fraction of sp³-hybridized carbons (Fsp3) is 0.538. The molecule has 3 heteroatoms. The van der Waals surface area contributed by atoms with Crippen molar-refractivity contribution in [2.24, 2.45) is 5.73 Å². The van der Waals surface area contributed by atoms with Gasteiger partial charge in [0.1, 0.15) is 5.75 Å². The molecule has 3 nitrogen and oxygen atoms in total. The summed E-state index contributed by atoms with van der Waals surface area (Å²) in [4.78, 5) is 2.30. The lowest BCUT2D eigenvalue weighted by Gasteiger charge is -2.12. The molecule has 1 heterocycles. The number of nitrogens with zero attached hydrogens (tertiary/aromatic N) is 1. The molecule has 0 fully saturated rings. The van der Waals surface area contributed by atoms with Gasteiger partial charge >= 0.3 is 0 Å². The molecule has 1 unspecified atom stereocenters. The summed E-state index contributed by atoms with van der Waals surface area (Å²) >= 11 is 0. The number of hydrogen-bond donors (Lipinski definition) is 1. The normalized spacial score (nSPS) is 18.7. The Kier molecular flexibility index (Phi) is 3.34. The zero-order chi connectivity index (χ0) is 11.5. The monoisotopic (exact) mass is 220 g/mol. The van der Waals surface area contributed by atoms with Crippen molar-refractivity contribution in [3.8, 4) is 5.75 Å². The average molecular weight is 220 g/mol. The zero-order valence-electron chi connectivity index (χ0n) is 10.1. The molecular formula is C13H20N2O. The Morgan fingerprint density at radius 3 is 3.00 bits per heavy atom. The van der Waals surface area contributed by atoms with E-state index in [1.54, 1.807) is 0 Å². The van der Waals surface area contributed by atoms with Crippen molar-refractivity contribution in [2.75, 3.05) is 31.6 Å². The number of rotatable bonds is 4. The van der Waals surface area contributed by atoms with E-state index in [4.69, 9.17) is 10.5 Å². The Balaban J connectivity index is 2.28. The van der Waals surface area contributed by atoms with E-state index in [1.807, 2.05) is 13.0 Å². The van der Waals surface area contributed by atoms with Crippen LogP contribution in [0.4, 0.5) is 5.69 Å². The van der Waals surface area contributed by atoms with Crippen molar-refractivity contribution >= 4 is 5.69 Å². The largest absolute Gasteiger partial charge is 0.494 e.